The summed E-state index contributed by atoms with van der Waals surface area (Å²) in [5.74, 6) is 0.719. The lowest BCUT2D eigenvalue weighted by molar-refractivity contribution is 0.791. The van der Waals surface area contributed by atoms with Crippen LogP contribution in [0, 0.1) is 0 Å². The Morgan fingerprint density at radius 3 is 2.79 bits per heavy atom. The summed E-state index contributed by atoms with van der Waals surface area (Å²) < 4.78 is 0. The molecular formula is C14H18. The Morgan fingerprint density at radius 2 is 2.07 bits per heavy atom. The van der Waals surface area contributed by atoms with Crippen molar-refractivity contribution in [1.82, 2.24) is 0 Å². The van der Waals surface area contributed by atoms with Gasteiger partial charge in [0.2, 0.25) is 0 Å². The Morgan fingerprint density at radius 1 is 1.29 bits per heavy atom. The molecule has 1 aromatic carbocycles. The van der Waals surface area contributed by atoms with E-state index >= 15 is 0 Å². The van der Waals surface area contributed by atoms with Crippen LogP contribution in [0.15, 0.2) is 42.0 Å². The van der Waals surface area contributed by atoms with Crippen molar-refractivity contribution >= 4 is 0 Å². The zero-order valence-corrected chi connectivity index (χ0v) is 8.87. The summed E-state index contributed by atoms with van der Waals surface area (Å²) in [4.78, 5) is 0. The van der Waals surface area contributed by atoms with E-state index in [0.29, 0.717) is 0 Å². The first-order chi connectivity index (χ1) is 6.92. The molecule has 2 rings (SSSR count). The van der Waals surface area contributed by atoms with Crippen molar-refractivity contribution in [3.8, 4) is 0 Å². The highest BCUT2D eigenvalue weighted by atomic mass is 14.3. The number of benzene rings is 1. The van der Waals surface area contributed by atoms with Crippen molar-refractivity contribution in [3.05, 3.63) is 47.5 Å². The number of hydrogen-bond acceptors (Lipinski definition) is 0. The van der Waals surface area contributed by atoms with E-state index in [2.05, 4.69) is 43.3 Å². The molecule has 0 spiro atoms. The van der Waals surface area contributed by atoms with Crippen molar-refractivity contribution in [1.29, 1.82) is 0 Å². The highest BCUT2D eigenvalue weighted by Crippen LogP contribution is 2.38. The van der Waals surface area contributed by atoms with Crippen molar-refractivity contribution in [2.24, 2.45) is 0 Å². The van der Waals surface area contributed by atoms with Gasteiger partial charge in [0.15, 0.2) is 0 Å². The summed E-state index contributed by atoms with van der Waals surface area (Å²) in [5.41, 5.74) is 3.17. The minimum atomic E-state index is 0.719. The molecule has 0 aromatic heterocycles. The molecule has 0 heterocycles. The van der Waals surface area contributed by atoms with Crippen LogP contribution in [0.5, 0.6) is 0 Å². The lowest BCUT2D eigenvalue weighted by Crippen LogP contribution is -1.94. The first-order valence-electron chi connectivity index (χ1n) is 5.65. The summed E-state index contributed by atoms with van der Waals surface area (Å²) in [7, 11) is 0. The zero-order chi connectivity index (χ0) is 9.80. The van der Waals surface area contributed by atoms with Crippen molar-refractivity contribution in [2.75, 3.05) is 0 Å². The fourth-order valence-corrected chi connectivity index (χ4v) is 2.44. The second kappa shape index (κ2) is 4.45. The standard InChI is InChI=1S/C14H18/c1-2-7-12-10-6-11-14(12)13-8-4-3-5-9-13/h3-5,7-9,14H,2,6,10-11H2,1H3/b12-7-. The van der Waals surface area contributed by atoms with Gasteiger partial charge in [-0.25, -0.2) is 0 Å². The molecule has 1 aliphatic carbocycles. The molecule has 0 aliphatic heterocycles. The summed E-state index contributed by atoms with van der Waals surface area (Å²) >= 11 is 0. The van der Waals surface area contributed by atoms with Crippen LogP contribution in [0.3, 0.4) is 0 Å². The van der Waals surface area contributed by atoms with E-state index in [1.165, 1.54) is 31.2 Å². The summed E-state index contributed by atoms with van der Waals surface area (Å²) in [6.45, 7) is 2.23. The quantitative estimate of drug-likeness (QED) is 0.604. The molecule has 74 valence electrons. The molecule has 1 aromatic rings. The molecular weight excluding hydrogens is 168 g/mol. The predicted molar refractivity (Wildman–Crippen MR) is 61.4 cm³/mol. The van der Waals surface area contributed by atoms with Gasteiger partial charge in [0.05, 0.1) is 0 Å². The maximum atomic E-state index is 2.42. The summed E-state index contributed by atoms with van der Waals surface area (Å²) in [5, 5.41) is 0. The molecule has 0 radical (unpaired) electrons. The van der Waals surface area contributed by atoms with E-state index in [-0.39, 0.29) is 0 Å². The van der Waals surface area contributed by atoms with E-state index < -0.39 is 0 Å². The largest absolute Gasteiger partial charge is 0.0850 e. The van der Waals surface area contributed by atoms with Crippen molar-refractivity contribution < 1.29 is 0 Å². The fraction of sp³-hybridized carbons (Fsp3) is 0.429. The van der Waals surface area contributed by atoms with Gasteiger partial charge in [0.1, 0.15) is 0 Å². The second-order valence-electron chi connectivity index (χ2n) is 4.04. The third-order valence-electron chi connectivity index (χ3n) is 3.07. The maximum Gasteiger partial charge on any atom is 0.00482 e. The van der Waals surface area contributed by atoms with Crippen LogP contribution in [0.2, 0.25) is 0 Å². The topological polar surface area (TPSA) is 0 Å². The Labute approximate surface area is 86.7 Å². The van der Waals surface area contributed by atoms with Crippen LogP contribution in [-0.2, 0) is 0 Å². The fourth-order valence-electron chi connectivity index (χ4n) is 2.44. The van der Waals surface area contributed by atoms with Crippen LogP contribution in [0.1, 0.15) is 44.1 Å². The van der Waals surface area contributed by atoms with Crippen LogP contribution < -0.4 is 0 Å². The van der Waals surface area contributed by atoms with Crippen LogP contribution in [0.4, 0.5) is 0 Å². The van der Waals surface area contributed by atoms with Gasteiger partial charge in [-0.2, -0.15) is 0 Å². The van der Waals surface area contributed by atoms with Gasteiger partial charge in [0, 0.05) is 5.92 Å². The van der Waals surface area contributed by atoms with E-state index in [9.17, 15) is 0 Å². The molecule has 0 heteroatoms. The van der Waals surface area contributed by atoms with Gasteiger partial charge >= 0.3 is 0 Å². The zero-order valence-electron chi connectivity index (χ0n) is 8.87. The number of allylic oxidation sites excluding steroid dienone is 2. The highest BCUT2D eigenvalue weighted by molar-refractivity contribution is 5.31. The lowest BCUT2D eigenvalue weighted by atomic mass is 9.93. The van der Waals surface area contributed by atoms with Crippen LogP contribution in [-0.4, -0.2) is 0 Å². The predicted octanol–water partition coefficient (Wildman–Crippen LogP) is 4.29. The molecule has 0 amide bonds. The first-order valence-corrected chi connectivity index (χ1v) is 5.65. The van der Waals surface area contributed by atoms with Gasteiger partial charge in [0.25, 0.3) is 0 Å². The van der Waals surface area contributed by atoms with E-state index in [0.717, 1.165) is 5.92 Å². The Bertz CT molecular complexity index is 308. The maximum absolute atomic E-state index is 2.42. The Kier molecular flexibility index (Phi) is 3.03. The minimum absolute atomic E-state index is 0.719. The monoisotopic (exact) mass is 186 g/mol. The molecule has 1 fully saturated rings. The van der Waals surface area contributed by atoms with Crippen molar-refractivity contribution in [2.45, 2.75) is 38.5 Å². The second-order valence-corrected chi connectivity index (χ2v) is 4.04. The Hall–Kier alpha value is -1.04. The average Bonchev–Trinajstić information content (AvgIpc) is 2.68. The normalized spacial score (nSPS) is 24.4. The third-order valence-corrected chi connectivity index (χ3v) is 3.07. The molecule has 1 aliphatic rings. The first kappa shape index (κ1) is 9.51. The van der Waals surface area contributed by atoms with Crippen LogP contribution >= 0.6 is 0 Å². The van der Waals surface area contributed by atoms with Gasteiger partial charge in [-0.15, -0.1) is 0 Å². The lowest BCUT2D eigenvalue weighted by Gasteiger charge is -2.12. The molecule has 0 N–H and O–H groups in total. The van der Waals surface area contributed by atoms with Gasteiger partial charge in [-0.05, 0) is 31.2 Å². The van der Waals surface area contributed by atoms with Gasteiger partial charge in [-0.3, -0.25) is 0 Å². The van der Waals surface area contributed by atoms with Gasteiger partial charge in [-0.1, -0.05) is 48.9 Å². The molecule has 1 atom stereocenters. The molecule has 1 unspecified atom stereocenters. The molecule has 0 saturated heterocycles. The SMILES string of the molecule is CC/C=C1/CCCC1c1ccccc1. The van der Waals surface area contributed by atoms with E-state index in [1.807, 2.05) is 0 Å². The molecule has 0 bridgehead atoms. The molecule has 0 nitrogen and oxygen atoms in total. The van der Waals surface area contributed by atoms with Crippen LogP contribution in [0.25, 0.3) is 0 Å². The third kappa shape index (κ3) is 1.89. The minimum Gasteiger partial charge on any atom is -0.0850 e. The average molecular weight is 186 g/mol. The Balaban J connectivity index is 2.22. The smallest absolute Gasteiger partial charge is 0.00482 e. The number of rotatable bonds is 2. The summed E-state index contributed by atoms with van der Waals surface area (Å²) in [6.07, 6.45) is 7.62. The number of hydrogen-bond donors (Lipinski definition) is 0. The molecule has 14 heavy (non-hydrogen) atoms. The van der Waals surface area contributed by atoms with Crippen molar-refractivity contribution in [3.63, 3.8) is 0 Å². The van der Waals surface area contributed by atoms with E-state index in [1.54, 1.807) is 5.57 Å². The summed E-state index contributed by atoms with van der Waals surface area (Å²) in [6, 6.07) is 10.9. The van der Waals surface area contributed by atoms with Gasteiger partial charge < -0.3 is 0 Å². The van der Waals surface area contributed by atoms with E-state index in [4.69, 9.17) is 0 Å². The molecule has 1 saturated carbocycles. The highest BCUT2D eigenvalue weighted by Gasteiger charge is 2.21.